The fourth-order valence-electron chi connectivity index (χ4n) is 2.89. The second-order valence-corrected chi connectivity index (χ2v) is 8.98. The van der Waals surface area contributed by atoms with Crippen LogP contribution < -0.4 is 5.32 Å². The Kier molecular flexibility index (Phi) is 5.76. The van der Waals surface area contributed by atoms with E-state index < -0.39 is 0 Å². The Hall–Kier alpha value is -2.54. The molecule has 0 atom stereocenters. The monoisotopic (exact) mass is 439 g/mol. The van der Waals surface area contributed by atoms with Crippen LogP contribution in [-0.4, -0.2) is 15.9 Å². The molecule has 2 aromatic carbocycles. The van der Waals surface area contributed by atoms with Crippen LogP contribution in [0.25, 0.3) is 21.1 Å². The maximum Gasteiger partial charge on any atom is 0.263 e. The summed E-state index contributed by atoms with van der Waals surface area (Å²) in [6.45, 7) is 4.24. The normalized spacial score (nSPS) is 10.9. The predicted octanol–water partition coefficient (Wildman–Crippen LogP) is 6.13. The topological polar surface area (TPSA) is 54.9 Å². The van der Waals surface area contributed by atoms with Gasteiger partial charge in [0.15, 0.2) is 0 Å². The Balaban J connectivity index is 1.50. The molecule has 4 rings (SSSR count). The lowest BCUT2D eigenvalue weighted by Gasteiger charge is -2.02. The van der Waals surface area contributed by atoms with Gasteiger partial charge in [-0.2, -0.15) is 0 Å². The number of nitrogens with one attached hydrogen (secondary N) is 1. The zero-order valence-electron chi connectivity index (χ0n) is 15.9. The molecule has 0 aliphatic rings. The Morgan fingerprint density at radius 3 is 2.38 bits per heavy atom. The number of carbonyl (C=O) groups excluding carboxylic acids is 1. The average Bonchev–Trinajstić information content (AvgIpc) is 3.30. The predicted molar refractivity (Wildman–Crippen MR) is 121 cm³/mol. The summed E-state index contributed by atoms with van der Waals surface area (Å²) in [5.74, 6) is -0.116. The third-order valence-corrected chi connectivity index (χ3v) is 7.16. The zero-order chi connectivity index (χ0) is 20.4. The van der Waals surface area contributed by atoms with Crippen molar-refractivity contribution in [2.45, 2.75) is 20.4 Å². The third kappa shape index (κ3) is 4.24. The first-order valence-electron chi connectivity index (χ1n) is 9.05. The SMILES string of the molecule is Cc1nc(-c2ccccc2Cl)sc1CNC(=O)c1sc(-c2ccccc2)nc1C. The van der Waals surface area contributed by atoms with E-state index in [9.17, 15) is 4.79 Å². The summed E-state index contributed by atoms with van der Waals surface area (Å²) in [6.07, 6.45) is 0. The standard InChI is InChI=1S/C22H18ClN3OS2/c1-13-18(28-22(25-13)16-10-6-7-11-17(16)23)12-24-20(27)19-14(2)26-21(29-19)15-8-4-3-5-9-15/h3-11H,12H2,1-2H3,(H,24,27). The molecule has 0 radical (unpaired) electrons. The van der Waals surface area contributed by atoms with Gasteiger partial charge in [0, 0.05) is 16.0 Å². The molecular weight excluding hydrogens is 422 g/mol. The van der Waals surface area contributed by atoms with Crippen LogP contribution in [0.2, 0.25) is 5.02 Å². The summed E-state index contributed by atoms with van der Waals surface area (Å²) < 4.78 is 0. The number of carbonyl (C=O) groups is 1. The molecule has 0 spiro atoms. The number of hydrogen-bond acceptors (Lipinski definition) is 5. The van der Waals surface area contributed by atoms with Crippen LogP contribution >= 0.6 is 34.3 Å². The minimum absolute atomic E-state index is 0.116. The Morgan fingerprint density at radius 1 is 0.931 bits per heavy atom. The van der Waals surface area contributed by atoms with Gasteiger partial charge >= 0.3 is 0 Å². The van der Waals surface area contributed by atoms with Crippen molar-refractivity contribution in [3.05, 3.63) is 80.8 Å². The van der Waals surface area contributed by atoms with Gasteiger partial charge in [-0.1, -0.05) is 60.1 Å². The van der Waals surface area contributed by atoms with Crippen LogP contribution in [0.5, 0.6) is 0 Å². The molecule has 0 saturated carbocycles. The average molecular weight is 440 g/mol. The number of rotatable bonds is 5. The number of halogens is 1. The van der Waals surface area contributed by atoms with Crippen LogP contribution in [0.4, 0.5) is 0 Å². The van der Waals surface area contributed by atoms with Crippen LogP contribution in [0.3, 0.4) is 0 Å². The van der Waals surface area contributed by atoms with E-state index in [2.05, 4.69) is 15.3 Å². The number of benzene rings is 2. The molecule has 7 heteroatoms. The van der Waals surface area contributed by atoms with E-state index >= 15 is 0 Å². The molecule has 2 aromatic heterocycles. The molecular formula is C22H18ClN3OS2. The fourth-order valence-corrected chi connectivity index (χ4v) is 5.20. The maximum absolute atomic E-state index is 12.7. The fraction of sp³-hybridized carbons (Fsp3) is 0.136. The Bertz CT molecular complexity index is 1170. The Morgan fingerprint density at radius 2 is 1.62 bits per heavy atom. The highest BCUT2D eigenvalue weighted by Gasteiger charge is 2.17. The molecule has 0 unspecified atom stereocenters. The first kappa shape index (κ1) is 19.8. The van der Waals surface area contributed by atoms with Crippen molar-refractivity contribution >= 4 is 40.2 Å². The van der Waals surface area contributed by atoms with Crippen LogP contribution in [0, 0.1) is 13.8 Å². The van der Waals surface area contributed by atoms with Crippen molar-refractivity contribution < 1.29 is 4.79 Å². The number of amides is 1. The lowest BCUT2D eigenvalue weighted by atomic mass is 10.2. The van der Waals surface area contributed by atoms with Gasteiger partial charge in [-0.25, -0.2) is 9.97 Å². The molecule has 2 heterocycles. The van der Waals surface area contributed by atoms with Gasteiger partial charge < -0.3 is 5.32 Å². The number of thiazole rings is 2. The third-order valence-electron chi connectivity index (χ3n) is 4.43. The highest BCUT2D eigenvalue weighted by Crippen LogP contribution is 2.33. The van der Waals surface area contributed by atoms with E-state index in [-0.39, 0.29) is 5.91 Å². The number of aryl methyl sites for hydroxylation is 2. The first-order chi connectivity index (χ1) is 14.0. The number of nitrogens with zero attached hydrogens (tertiary/aromatic N) is 2. The molecule has 0 aliphatic heterocycles. The van der Waals surface area contributed by atoms with E-state index in [1.165, 1.54) is 11.3 Å². The molecule has 4 aromatic rings. The molecule has 1 N–H and O–H groups in total. The highest BCUT2D eigenvalue weighted by molar-refractivity contribution is 7.17. The minimum Gasteiger partial charge on any atom is -0.346 e. The van der Waals surface area contributed by atoms with Crippen molar-refractivity contribution in [1.29, 1.82) is 0 Å². The molecule has 4 nitrogen and oxygen atoms in total. The quantitative estimate of drug-likeness (QED) is 0.406. The summed E-state index contributed by atoms with van der Waals surface area (Å²) in [4.78, 5) is 23.6. The van der Waals surface area contributed by atoms with Gasteiger partial charge in [0.2, 0.25) is 0 Å². The highest BCUT2D eigenvalue weighted by atomic mass is 35.5. The summed E-state index contributed by atoms with van der Waals surface area (Å²) in [7, 11) is 0. The lowest BCUT2D eigenvalue weighted by Crippen LogP contribution is -2.22. The van der Waals surface area contributed by atoms with Crippen molar-refractivity contribution in [1.82, 2.24) is 15.3 Å². The van der Waals surface area contributed by atoms with Gasteiger partial charge in [-0.3, -0.25) is 4.79 Å². The summed E-state index contributed by atoms with van der Waals surface area (Å²) in [5.41, 5.74) is 3.56. The molecule has 0 aliphatic carbocycles. The summed E-state index contributed by atoms with van der Waals surface area (Å²) in [5, 5.41) is 5.39. The molecule has 0 saturated heterocycles. The van der Waals surface area contributed by atoms with E-state index in [1.807, 2.05) is 68.4 Å². The molecule has 1 amide bonds. The largest absolute Gasteiger partial charge is 0.346 e. The maximum atomic E-state index is 12.7. The van der Waals surface area contributed by atoms with Crippen molar-refractivity contribution in [2.75, 3.05) is 0 Å². The Labute approximate surface area is 182 Å². The second kappa shape index (κ2) is 8.45. The molecule has 29 heavy (non-hydrogen) atoms. The van der Waals surface area contributed by atoms with Crippen LogP contribution in [-0.2, 0) is 6.54 Å². The minimum atomic E-state index is -0.116. The van der Waals surface area contributed by atoms with Gasteiger partial charge in [0.05, 0.1) is 23.0 Å². The van der Waals surface area contributed by atoms with Gasteiger partial charge in [0.1, 0.15) is 14.9 Å². The lowest BCUT2D eigenvalue weighted by molar-refractivity contribution is 0.0954. The van der Waals surface area contributed by atoms with E-state index in [0.29, 0.717) is 16.4 Å². The number of hydrogen-bond donors (Lipinski definition) is 1. The van der Waals surface area contributed by atoms with Gasteiger partial charge in [-0.05, 0) is 19.9 Å². The van der Waals surface area contributed by atoms with E-state index in [0.717, 1.165) is 37.4 Å². The summed E-state index contributed by atoms with van der Waals surface area (Å²) >= 11 is 9.25. The van der Waals surface area contributed by atoms with Crippen LogP contribution in [0.15, 0.2) is 54.6 Å². The summed E-state index contributed by atoms with van der Waals surface area (Å²) in [6, 6.07) is 17.5. The van der Waals surface area contributed by atoms with E-state index in [1.54, 1.807) is 11.3 Å². The van der Waals surface area contributed by atoms with Gasteiger partial charge in [0.25, 0.3) is 5.91 Å². The van der Waals surface area contributed by atoms with Crippen molar-refractivity contribution in [2.24, 2.45) is 0 Å². The molecule has 0 fully saturated rings. The van der Waals surface area contributed by atoms with Crippen molar-refractivity contribution in [3.8, 4) is 21.1 Å². The molecule has 0 bridgehead atoms. The van der Waals surface area contributed by atoms with Crippen LogP contribution in [0.1, 0.15) is 25.9 Å². The van der Waals surface area contributed by atoms with Gasteiger partial charge in [-0.15, -0.1) is 22.7 Å². The van der Waals surface area contributed by atoms with E-state index in [4.69, 9.17) is 11.6 Å². The number of aromatic nitrogens is 2. The zero-order valence-corrected chi connectivity index (χ0v) is 18.3. The smallest absolute Gasteiger partial charge is 0.263 e. The van der Waals surface area contributed by atoms with Crippen molar-refractivity contribution in [3.63, 3.8) is 0 Å². The first-order valence-corrected chi connectivity index (χ1v) is 11.1. The molecule has 146 valence electrons. The second-order valence-electron chi connectivity index (χ2n) is 6.49.